The predicted molar refractivity (Wildman–Crippen MR) is 216 cm³/mol. The standard InChI is InChI=1S/C38H29Cl2N5O8S2/c1-2-15-41-38(42-26-7-3-22-5-9-28(18-24(22)16-26)44-54(50,51)30-11-13-34(39)32(20-30)36(46)47)43-27-8-4-23-6-10-29(19-25(23)17-27)45-55(52,53)31-12-14-35(40)33(21-31)37(48)49/h2-14,16-21,44-45H,1,15H2,(H,46,47)(H,48,49)(H2,41,42,43). The maximum Gasteiger partial charge on any atom is 0.337 e. The predicted octanol–water partition coefficient (Wildman–Crippen LogP) is 8.36. The number of hydrogen-bond acceptors (Lipinski definition) is 7. The van der Waals surface area contributed by atoms with E-state index in [2.05, 4.69) is 31.6 Å². The molecule has 0 fully saturated rings. The third-order valence-corrected chi connectivity index (χ3v) is 11.5. The van der Waals surface area contributed by atoms with Gasteiger partial charge in [0.25, 0.3) is 20.0 Å². The Balaban J connectivity index is 1.22. The molecule has 13 nitrogen and oxygen atoms in total. The number of nitrogens with zero attached hydrogens (tertiary/aromatic N) is 1. The topological polar surface area (TPSA) is 203 Å². The van der Waals surface area contributed by atoms with Crippen molar-refractivity contribution in [2.75, 3.05) is 26.6 Å². The van der Waals surface area contributed by atoms with Gasteiger partial charge in [0.1, 0.15) is 0 Å². The van der Waals surface area contributed by atoms with Crippen molar-refractivity contribution in [1.29, 1.82) is 0 Å². The van der Waals surface area contributed by atoms with E-state index >= 15 is 0 Å². The van der Waals surface area contributed by atoms with E-state index in [1.54, 1.807) is 54.6 Å². The number of rotatable bonds is 12. The highest BCUT2D eigenvalue weighted by molar-refractivity contribution is 7.93. The van der Waals surface area contributed by atoms with Crippen molar-refractivity contribution >= 4 is 105 Å². The lowest BCUT2D eigenvalue weighted by molar-refractivity contribution is 0.0686. The third kappa shape index (κ3) is 8.99. The van der Waals surface area contributed by atoms with Gasteiger partial charge in [0, 0.05) is 22.7 Å². The normalized spacial score (nSPS) is 11.5. The number of nitrogens with one attached hydrogen (secondary N) is 4. The Kier molecular flexibility index (Phi) is 11.0. The van der Waals surface area contributed by atoms with E-state index in [1.807, 2.05) is 24.3 Å². The van der Waals surface area contributed by atoms with E-state index < -0.39 is 32.0 Å². The van der Waals surface area contributed by atoms with Crippen LogP contribution in [0.25, 0.3) is 21.5 Å². The van der Waals surface area contributed by atoms with Gasteiger partial charge < -0.3 is 20.8 Å². The number of anilines is 4. The average molecular weight is 819 g/mol. The van der Waals surface area contributed by atoms with E-state index in [0.717, 1.165) is 22.9 Å². The molecule has 0 unspecified atom stereocenters. The quantitative estimate of drug-likeness (QED) is 0.0396. The molecule has 0 heterocycles. The summed E-state index contributed by atoms with van der Waals surface area (Å²) in [5.41, 5.74) is 1.02. The van der Waals surface area contributed by atoms with Gasteiger partial charge in [-0.1, -0.05) is 53.5 Å². The maximum absolute atomic E-state index is 13.1. The monoisotopic (exact) mass is 817 g/mol. The molecule has 6 aromatic rings. The number of fused-ring (bicyclic) bond motifs is 2. The highest BCUT2D eigenvalue weighted by Gasteiger charge is 2.20. The number of aromatic carboxylic acids is 2. The fraction of sp³-hybridized carbons (Fsp3) is 0.0263. The van der Waals surface area contributed by atoms with Gasteiger partial charge in [-0.25, -0.2) is 31.4 Å². The number of aliphatic imine (C=N–C) groups is 1. The zero-order valence-electron chi connectivity index (χ0n) is 28.2. The SMILES string of the molecule is C=CCN=C(Nc1ccc2ccc(NS(=O)(=O)c3ccc(Cl)c(C(=O)O)c3)cc2c1)Nc1ccc2ccc(NS(=O)(=O)c3ccc(Cl)c(C(=O)O)c3)cc2c1. The Bertz CT molecular complexity index is 2610. The number of sulfonamides is 2. The van der Waals surface area contributed by atoms with Gasteiger partial charge in [0.05, 0.1) is 37.5 Å². The van der Waals surface area contributed by atoms with Gasteiger partial charge in [-0.15, -0.1) is 6.58 Å². The van der Waals surface area contributed by atoms with Crippen molar-refractivity contribution in [3.05, 3.63) is 143 Å². The molecule has 0 aliphatic rings. The van der Waals surface area contributed by atoms with Crippen LogP contribution in [-0.4, -0.2) is 51.5 Å². The Hall–Kier alpha value is -6.13. The van der Waals surface area contributed by atoms with E-state index in [1.165, 1.54) is 24.3 Å². The second-order valence-corrected chi connectivity index (χ2v) is 16.1. The highest BCUT2D eigenvalue weighted by atomic mass is 35.5. The summed E-state index contributed by atoms with van der Waals surface area (Å²) in [4.78, 5) is 27.0. The lowest BCUT2D eigenvalue weighted by Gasteiger charge is -2.15. The van der Waals surface area contributed by atoms with Crippen LogP contribution in [0.15, 0.2) is 137 Å². The van der Waals surface area contributed by atoms with Crippen molar-refractivity contribution in [3.8, 4) is 0 Å². The smallest absolute Gasteiger partial charge is 0.337 e. The molecule has 0 radical (unpaired) electrons. The molecule has 55 heavy (non-hydrogen) atoms. The second-order valence-electron chi connectivity index (χ2n) is 11.9. The molecule has 17 heteroatoms. The van der Waals surface area contributed by atoms with Crippen LogP contribution in [0.5, 0.6) is 0 Å². The van der Waals surface area contributed by atoms with Gasteiger partial charge in [-0.3, -0.25) is 9.44 Å². The number of halogens is 2. The van der Waals surface area contributed by atoms with Crippen LogP contribution in [0, 0.1) is 0 Å². The van der Waals surface area contributed by atoms with Gasteiger partial charge in [-0.05, 0) is 106 Å². The minimum atomic E-state index is -4.16. The molecule has 0 aliphatic carbocycles. The summed E-state index contributed by atoms with van der Waals surface area (Å²) >= 11 is 11.8. The summed E-state index contributed by atoms with van der Waals surface area (Å²) < 4.78 is 57.5. The van der Waals surface area contributed by atoms with Gasteiger partial charge in [0.15, 0.2) is 0 Å². The largest absolute Gasteiger partial charge is 0.478 e. The second kappa shape index (κ2) is 15.7. The molecule has 6 N–H and O–H groups in total. The molecule has 280 valence electrons. The van der Waals surface area contributed by atoms with Crippen LogP contribution in [-0.2, 0) is 20.0 Å². The van der Waals surface area contributed by atoms with Crippen LogP contribution >= 0.6 is 23.2 Å². The minimum Gasteiger partial charge on any atom is -0.478 e. The molecule has 0 aromatic heterocycles. The maximum atomic E-state index is 13.1. The van der Waals surface area contributed by atoms with Crippen molar-refractivity contribution in [2.24, 2.45) is 4.99 Å². The number of carboxylic acid groups (broad SMARTS) is 2. The first-order valence-corrected chi connectivity index (χ1v) is 19.7. The number of carbonyl (C=O) groups is 2. The Morgan fingerprint density at radius 2 is 0.964 bits per heavy atom. The van der Waals surface area contributed by atoms with Crippen molar-refractivity contribution in [1.82, 2.24) is 0 Å². The fourth-order valence-electron chi connectivity index (χ4n) is 5.41. The zero-order chi connectivity index (χ0) is 39.5. The van der Waals surface area contributed by atoms with Crippen molar-refractivity contribution in [2.45, 2.75) is 9.79 Å². The summed E-state index contributed by atoms with van der Waals surface area (Å²) in [6, 6.07) is 27.6. The summed E-state index contributed by atoms with van der Waals surface area (Å²) in [5, 5.41) is 28.0. The molecule has 0 atom stereocenters. The lowest BCUT2D eigenvalue weighted by Crippen LogP contribution is -2.22. The van der Waals surface area contributed by atoms with Gasteiger partial charge >= 0.3 is 11.9 Å². The first kappa shape index (κ1) is 38.6. The highest BCUT2D eigenvalue weighted by Crippen LogP contribution is 2.29. The first-order valence-electron chi connectivity index (χ1n) is 16.0. The average Bonchev–Trinajstić information content (AvgIpc) is 3.13. The number of guanidine groups is 1. The molecule has 0 saturated carbocycles. The summed E-state index contributed by atoms with van der Waals surface area (Å²) in [5.74, 6) is -2.37. The molecule has 0 aliphatic heterocycles. The van der Waals surface area contributed by atoms with Gasteiger partial charge in [-0.2, -0.15) is 0 Å². The zero-order valence-corrected chi connectivity index (χ0v) is 31.4. The lowest BCUT2D eigenvalue weighted by atomic mass is 10.1. The Morgan fingerprint density at radius 3 is 1.35 bits per heavy atom. The molecule has 6 aromatic carbocycles. The van der Waals surface area contributed by atoms with Crippen LogP contribution in [0.2, 0.25) is 10.0 Å². The molecular weight excluding hydrogens is 789 g/mol. The summed E-state index contributed by atoms with van der Waals surface area (Å²) in [6.45, 7) is 4.00. The van der Waals surface area contributed by atoms with Crippen LogP contribution < -0.4 is 20.1 Å². The number of benzene rings is 6. The van der Waals surface area contributed by atoms with E-state index in [0.29, 0.717) is 28.1 Å². The summed E-state index contributed by atoms with van der Waals surface area (Å²) in [7, 11) is -8.32. The Morgan fingerprint density at radius 1 is 0.582 bits per heavy atom. The summed E-state index contributed by atoms with van der Waals surface area (Å²) in [6.07, 6.45) is 1.61. The van der Waals surface area contributed by atoms with E-state index in [4.69, 9.17) is 23.2 Å². The molecule has 0 bridgehead atoms. The van der Waals surface area contributed by atoms with Crippen molar-refractivity contribution in [3.63, 3.8) is 0 Å². The Labute approximate surface area is 325 Å². The number of carboxylic acids is 2. The molecule has 0 saturated heterocycles. The van der Waals surface area contributed by atoms with Crippen LogP contribution in [0.1, 0.15) is 20.7 Å². The van der Waals surface area contributed by atoms with Crippen molar-refractivity contribution < 1.29 is 36.6 Å². The van der Waals surface area contributed by atoms with Gasteiger partial charge in [0.2, 0.25) is 5.96 Å². The molecule has 0 spiro atoms. The molecule has 0 amide bonds. The van der Waals surface area contributed by atoms with E-state index in [-0.39, 0.29) is 48.9 Å². The molecule has 6 rings (SSSR count). The van der Waals surface area contributed by atoms with Crippen LogP contribution in [0.3, 0.4) is 0 Å². The van der Waals surface area contributed by atoms with Crippen LogP contribution in [0.4, 0.5) is 22.7 Å². The van der Waals surface area contributed by atoms with E-state index in [9.17, 15) is 36.6 Å². The first-order chi connectivity index (χ1) is 26.1. The minimum absolute atomic E-state index is 0.0891. The number of hydrogen-bond donors (Lipinski definition) is 6. The third-order valence-electron chi connectivity index (χ3n) is 8.05. The fourth-order valence-corrected chi connectivity index (χ4v) is 7.96. The molecular formula is C38H29Cl2N5O8S2.